The van der Waals surface area contributed by atoms with Gasteiger partial charge in [0.1, 0.15) is 18.0 Å². The van der Waals surface area contributed by atoms with Gasteiger partial charge >= 0.3 is 0 Å². The maximum atomic E-state index is 6.49. The molecule has 0 bridgehead atoms. The summed E-state index contributed by atoms with van der Waals surface area (Å²) >= 11 is 0. The van der Waals surface area contributed by atoms with Gasteiger partial charge in [0, 0.05) is 14.2 Å². The van der Waals surface area contributed by atoms with Crippen LogP contribution in [0, 0.1) is 0 Å². The number of hydrogen-bond donors (Lipinski definition) is 0. The highest BCUT2D eigenvalue weighted by molar-refractivity contribution is 5.94. The van der Waals surface area contributed by atoms with Crippen molar-refractivity contribution in [2.75, 3.05) is 35.2 Å². The molecule has 3 atom stereocenters. The highest BCUT2D eigenvalue weighted by Crippen LogP contribution is 2.56. The van der Waals surface area contributed by atoms with Crippen molar-refractivity contribution < 1.29 is 37.6 Å². The van der Waals surface area contributed by atoms with Crippen molar-refractivity contribution in [3.05, 3.63) is 41.7 Å². The highest BCUT2D eigenvalue weighted by atomic mass is 16.7. The molecule has 158 valence electrons. The molecule has 0 unspecified atom stereocenters. The molecule has 2 aromatic carbocycles. The van der Waals surface area contributed by atoms with Crippen LogP contribution in [-0.2, 0) is 9.47 Å². The van der Waals surface area contributed by atoms with E-state index in [9.17, 15) is 0 Å². The summed E-state index contributed by atoms with van der Waals surface area (Å²) in [5, 5.41) is 0.773. The van der Waals surface area contributed by atoms with Gasteiger partial charge in [0.25, 0.3) is 0 Å². The second-order valence-corrected chi connectivity index (χ2v) is 6.98. The first-order valence-corrected chi connectivity index (χ1v) is 9.48. The van der Waals surface area contributed by atoms with E-state index >= 15 is 0 Å². The van der Waals surface area contributed by atoms with Crippen LogP contribution in [0.2, 0.25) is 0 Å². The van der Waals surface area contributed by atoms with Crippen LogP contribution in [-0.4, -0.2) is 41.3 Å². The van der Waals surface area contributed by atoms with Crippen molar-refractivity contribution >= 4 is 11.0 Å². The zero-order chi connectivity index (χ0) is 20.8. The Labute approximate surface area is 173 Å². The maximum Gasteiger partial charge on any atom is 0.231 e. The van der Waals surface area contributed by atoms with Crippen LogP contribution >= 0.6 is 0 Å². The standard InChI is InChI=1S/C22H22O8/c1-23-17-12-7-8-27-18(12)22(26-4)20-15(17)19(24-2)21(25-3)16(30-20)11-5-6-13-14(9-11)29-10-28-13/h5-9,16,19,21H,10H2,1-4H3/t16-,19+,21-/m1/s1. The van der Waals surface area contributed by atoms with Gasteiger partial charge < -0.3 is 37.6 Å². The van der Waals surface area contributed by atoms with Crippen LogP contribution in [0.3, 0.4) is 0 Å². The zero-order valence-corrected chi connectivity index (χ0v) is 17.1. The Hall–Kier alpha value is -3.10. The maximum absolute atomic E-state index is 6.49. The largest absolute Gasteiger partial charge is 0.495 e. The van der Waals surface area contributed by atoms with Crippen molar-refractivity contribution in [1.82, 2.24) is 0 Å². The Bertz CT molecular complexity index is 1090. The minimum absolute atomic E-state index is 0.197. The van der Waals surface area contributed by atoms with E-state index < -0.39 is 18.3 Å². The van der Waals surface area contributed by atoms with Gasteiger partial charge in [-0.3, -0.25) is 0 Å². The van der Waals surface area contributed by atoms with Crippen molar-refractivity contribution in [2.45, 2.75) is 18.3 Å². The topological polar surface area (TPSA) is 77.8 Å². The normalized spacial score (nSPS) is 21.9. The fourth-order valence-corrected chi connectivity index (χ4v) is 4.28. The van der Waals surface area contributed by atoms with Crippen LogP contribution in [0.4, 0.5) is 0 Å². The number of ether oxygens (including phenoxy) is 7. The third-order valence-electron chi connectivity index (χ3n) is 5.60. The van der Waals surface area contributed by atoms with Crippen LogP contribution < -0.4 is 23.7 Å². The fourth-order valence-electron chi connectivity index (χ4n) is 4.28. The zero-order valence-electron chi connectivity index (χ0n) is 17.1. The third kappa shape index (κ3) is 2.60. The lowest BCUT2D eigenvalue weighted by Gasteiger charge is -2.39. The van der Waals surface area contributed by atoms with Crippen LogP contribution in [0.15, 0.2) is 34.9 Å². The first kappa shape index (κ1) is 18.9. The summed E-state index contributed by atoms with van der Waals surface area (Å²) in [4.78, 5) is 0. The van der Waals surface area contributed by atoms with Crippen LogP contribution in [0.25, 0.3) is 11.0 Å². The quantitative estimate of drug-likeness (QED) is 0.620. The van der Waals surface area contributed by atoms with Crippen LogP contribution in [0.5, 0.6) is 28.7 Å². The predicted octanol–water partition coefficient (Wildman–Crippen LogP) is 4.01. The van der Waals surface area contributed by atoms with Gasteiger partial charge in [-0.25, -0.2) is 0 Å². The van der Waals surface area contributed by atoms with E-state index in [0.29, 0.717) is 34.3 Å². The summed E-state index contributed by atoms with van der Waals surface area (Å²) in [5.74, 6) is 2.95. The molecule has 5 rings (SSSR count). The molecule has 0 aliphatic carbocycles. The van der Waals surface area contributed by atoms with E-state index in [1.165, 1.54) is 0 Å². The first-order chi connectivity index (χ1) is 14.7. The molecule has 1 aromatic heterocycles. The molecule has 30 heavy (non-hydrogen) atoms. The van der Waals surface area contributed by atoms with Crippen molar-refractivity contribution in [1.29, 1.82) is 0 Å². The Morgan fingerprint density at radius 2 is 1.70 bits per heavy atom. The second kappa shape index (κ2) is 7.30. The lowest BCUT2D eigenvalue weighted by atomic mass is 9.90. The van der Waals surface area contributed by atoms with Gasteiger partial charge in [-0.05, 0) is 23.8 Å². The molecule has 3 aromatic rings. The molecule has 2 aliphatic rings. The highest BCUT2D eigenvalue weighted by Gasteiger charge is 2.45. The Kier molecular flexibility index (Phi) is 4.60. The molecule has 0 fully saturated rings. The molecule has 2 aliphatic heterocycles. The van der Waals surface area contributed by atoms with Gasteiger partial charge in [-0.15, -0.1) is 0 Å². The smallest absolute Gasteiger partial charge is 0.231 e. The number of benzene rings is 2. The molecule has 8 heteroatoms. The second-order valence-electron chi connectivity index (χ2n) is 6.98. The van der Waals surface area contributed by atoms with Crippen molar-refractivity contribution in [2.24, 2.45) is 0 Å². The number of fused-ring (bicyclic) bond motifs is 3. The lowest BCUT2D eigenvalue weighted by Crippen LogP contribution is -2.37. The Morgan fingerprint density at radius 1 is 0.900 bits per heavy atom. The number of furan rings is 1. The molecule has 3 heterocycles. The van der Waals surface area contributed by atoms with E-state index in [2.05, 4.69) is 0 Å². The molecular formula is C22H22O8. The summed E-state index contributed by atoms with van der Waals surface area (Å²) in [6.07, 6.45) is 0.169. The monoisotopic (exact) mass is 414 g/mol. The van der Waals surface area contributed by atoms with Crippen LogP contribution in [0.1, 0.15) is 23.3 Å². The van der Waals surface area contributed by atoms with Gasteiger partial charge in [-0.1, -0.05) is 6.07 Å². The molecule has 0 saturated heterocycles. The average molecular weight is 414 g/mol. The van der Waals surface area contributed by atoms with Gasteiger partial charge in [0.05, 0.1) is 31.4 Å². The summed E-state index contributed by atoms with van der Waals surface area (Å²) in [6.45, 7) is 0.197. The number of hydrogen-bond acceptors (Lipinski definition) is 8. The molecule has 0 amide bonds. The third-order valence-corrected chi connectivity index (χ3v) is 5.60. The van der Waals surface area contributed by atoms with Gasteiger partial charge in [-0.2, -0.15) is 0 Å². The van der Waals surface area contributed by atoms with E-state index in [1.807, 2.05) is 24.3 Å². The Balaban J connectivity index is 1.72. The molecule has 8 nitrogen and oxygen atoms in total. The lowest BCUT2D eigenvalue weighted by molar-refractivity contribution is -0.107. The van der Waals surface area contributed by atoms with E-state index in [4.69, 9.17) is 37.6 Å². The summed E-state index contributed by atoms with van der Waals surface area (Å²) in [6, 6.07) is 7.51. The van der Waals surface area contributed by atoms with E-state index in [1.54, 1.807) is 34.7 Å². The first-order valence-electron chi connectivity index (χ1n) is 9.48. The summed E-state index contributed by atoms with van der Waals surface area (Å²) in [7, 11) is 6.44. The van der Waals surface area contributed by atoms with Gasteiger partial charge in [0.2, 0.25) is 12.5 Å². The minimum Gasteiger partial charge on any atom is -0.495 e. The Morgan fingerprint density at radius 3 is 2.43 bits per heavy atom. The molecular weight excluding hydrogens is 392 g/mol. The van der Waals surface area contributed by atoms with E-state index in [-0.39, 0.29) is 6.79 Å². The molecule has 0 spiro atoms. The molecule has 0 saturated carbocycles. The predicted molar refractivity (Wildman–Crippen MR) is 106 cm³/mol. The number of rotatable bonds is 5. The SMILES string of the molecule is COc1c2c(c(OC)c3occc13)O[C@H](c1ccc3c(c1)OCO3)[C@@H](OC)[C@H]2OC. The molecule has 0 radical (unpaired) electrons. The van der Waals surface area contributed by atoms with Gasteiger partial charge in [0.15, 0.2) is 28.9 Å². The van der Waals surface area contributed by atoms with Crippen molar-refractivity contribution in [3.63, 3.8) is 0 Å². The summed E-state index contributed by atoms with van der Waals surface area (Å²) in [5.41, 5.74) is 2.12. The summed E-state index contributed by atoms with van der Waals surface area (Å²) < 4.78 is 46.3. The number of methoxy groups -OCH3 is 4. The fraction of sp³-hybridized carbons (Fsp3) is 0.364. The average Bonchev–Trinajstić information content (AvgIpc) is 3.44. The van der Waals surface area contributed by atoms with Crippen molar-refractivity contribution in [3.8, 4) is 28.7 Å². The molecule has 0 N–H and O–H groups in total. The van der Waals surface area contributed by atoms with E-state index in [0.717, 1.165) is 16.5 Å². The minimum atomic E-state index is -0.493.